The van der Waals surface area contributed by atoms with Gasteiger partial charge < -0.3 is 14.2 Å². The Bertz CT molecular complexity index is 1270. The average molecular weight is 547 g/mol. The maximum Gasteiger partial charge on any atom is 0.418 e. The van der Waals surface area contributed by atoms with Crippen molar-refractivity contribution >= 4 is 33.9 Å². The zero-order chi connectivity index (χ0) is 26.7. The SMILES string of the molecule is O=C(c1ccc(N[S+]([O-])c2cccc3cccnc23)c(C(F)(F)F)c1)N1CCN(CC2CCCCO2)CC1. The Morgan fingerprint density at radius 1 is 1.11 bits per heavy atom. The standard InChI is InChI=1S/C27H29F3N4O3S/c28-27(29,30)22-17-20(26(35)34-14-12-33(13-15-34)18-21-7-1-2-16-37-21)9-10-23(22)32-38(36)24-8-3-5-19-6-4-11-31-25(19)24/h3-6,8-11,17,21,32H,1-2,7,12-16,18H2. The van der Waals surface area contributed by atoms with E-state index in [1.54, 1.807) is 35.2 Å². The molecule has 202 valence electrons. The van der Waals surface area contributed by atoms with Crippen LogP contribution < -0.4 is 4.72 Å². The van der Waals surface area contributed by atoms with Crippen LogP contribution in [0.5, 0.6) is 0 Å². The van der Waals surface area contributed by atoms with E-state index in [2.05, 4.69) is 14.6 Å². The maximum absolute atomic E-state index is 14.0. The summed E-state index contributed by atoms with van der Waals surface area (Å²) in [5.74, 6) is -0.449. The fourth-order valence-corrected chi connectivity index (χ4v) is 5.97. The molecule has 2 aromatic carbocycles. The van der Waals surface area contributed by atoms with Crippen molar-refractivity contribution in [1.82, 2.24) is 14.8 Å². The number of nitrogens with one attached hydrogen (secondary N) is 1. The number of pyridine rings is 1. The van der Waals surface area contributed by atoms with Crippen molar-refractivity contribution in [2.75, 3.05) is 44.1 Å². The van der Waals surface area contributed by atoms with Crippen molar-refractivity contribution in [2.24, 2.45) is 0 Å². The quantitative estimate of drug-likeness (QED) is 0.451. The van der Waals surface area contributed by atoms with E-state index in [4.69, 9.17) is 4.74 Å². The molecule has 5 rings (SSSR count). The molecule has 2 saturated heterocycles. The normalized spacial score (nSPS) is 19.9. The van der Waals surface area contributed by atoms with Crippen LogP contribution in [0.2, 0.25) is 0 Å². The summed E-state index contributed by atoms with van der Waals surface area (Å²) in [5, 5.41) is 0.725. The van der Waals surface area contributed by atoms with Gasteiger partial charge in [-0.1, -0.05) is 18.2 Å². The molecule has 1 N–H and O–H groups in total. The second-order valence-corrected chi connectivity index (χ2v) is 10.7. The average Bonchev–Trinajstić information content (AvgIpc) is 2.93. The molecule has 0 saturated carbocycles. The number of amides is 1. The number of nitrogens with zero attached hydrogens (tertiary/aromatic N) is 3. The molecule has 0 aliphatic carbocycles. The van der Waals surface area contributed by atoms with Gasteiger partial charge in [0, 0.05) is 56.5 Å². The van der Waals surface area contributed by atoms with Gasteiger partial charge in [0.15, 0.2) is 0 Å². The number of hydrogen-bond acceptors (Lipinski definition) is 6. The first-order valence-corrected chi connectivity index (χ1v) is 13.8. The molecule has 0 spiro atoms. The minimum absolute atomic E-state index is 0.0513. The monoisotopic (exact) mass is 546 g/mol. The second-order valence-electron chi connectivity index (χ2n) is 9.54. The van der Waals surface area contributed by atoms with Crippen LogP contribution in [0.25, 0.3) is 10.9 Å². The van der Waals surface area contributed by atoms with Crippen LogP contribution in [0.4, 0.5) is 18.9 Å². The number of rotatable bonds is 6. The van der Waals surface area contributed by atoms with Crippen LogP contribution in [0.3, 0.4) is 0 Å². The molecule has 2 fully saturated rings. The summed E-state index contributed by atoms with van der Waals surface area (Å²) in [7, 11) is 0. The van der Waals surface area contributed by atoms with Gasteiger partial charge in [-0.05, 0) is 49.6 Å². The number of halogens is 3. The molecule has 3 aromatic rings. The number of alkyl halides is 3. The summed E-state index contributed by atoms with van der Waals surface area (Å²) in [6, 6.07) is 11.9. The van der Waals surface area contributed by atoms with E-state index in [0.717, 1.165) is 43.9 Å². The van der Waals surface area contributed by atoms with Gasteiger partial charge in [0.1, 0.15) is 16.9 Å². The number of para-hydroxylation sites is 1. The number of ether oxygens (including phenoxy) is 1. The van der Waals surface area contributed by atoms with Crippen molar-refractivity contribution in [1.29, 1.82) is 0 Å². The Labute approximate surface area is 222 Å². The van der Waals surface area contributed by atoms with Crippen LogP contribution in [0.15, 0.2) is 59.6 Å². The summed E-state index contributed by atoms with van der Waals surface area (Å²) >= 11 is -2.01. The van der Waals surface area contributed by atoms with Gasteiger partial charge in [0.25, 0.3) is 5.91 Å². The van der Waals surface area contributed by atoms with Crippen molar-refractivity contribution in [3.8, 4) is 0 Å². The number of piperazine rings is 1. The molecular formula is C27H29F3N4O3S. The van der Waals surface area contributed by atoms with Crippen molar-refractivity contribution in [2.45, 2.75) is 36.4 Å². The number of aromatic nitrogens is 1. The van der Waals surface area contributed by atoms with Gasteiger partial charge in [-0.2, -0.15) is 13.2 Å². The summed E-state index contributed by atoms with van der Waals surface area (Å²) in [4.78, 5) is 21.4. The number of anilines is 1. The molecule has 2 aliphatic heterocycles. The third-order valence-corrected chi connectivity index (χ3v) is 8.10. The van der Waals surface area contributed by atoms with Gasteiger partial charge in [-0.15, -0.1) is 0 Å². The van der Waals surface area contributed by atoms with Crippen LogP contribution in [-0.2, 0) is 22.3 Å². The fraction of sp³-hybridized carbons (Fsp3) is 0.407. The van der Waals surface area contributed by atoms with Crippen LogP contribution in [0.1, 0.15) is 35.2 Å². The van der Waals surface area contributed by atoms with Gasteiger partial charge >= 0.3 is 6.18 Å². The Morgan fingerprint density at radius 3 is 2.63 bits per heavy atom. The van der Waals surface area contributed by atoms with Gasteiger partial charge in [0.05, 0.1) is 17.4 Å². The van der Waals surface area contributed by atoms with E-state index < -0.39 is 29.0 Å². The fourth-order valence-electron chi connectivity index (χ4n) is 4.94. The number of carbonyl (C=O) groups excluding carboxylic acids is 1. The van der Waals surface area contributed by atoms with Crippen molar-refractivity contribution in [3.05, 3.63) is 65.9 Å². The Hall–Kier alpha value is -2.86. The molecule has 1 amide bonds. The zero-order valence-corrected chi connectivity index (χ0v) is 21.6. The molecule has 7 nitrogen and oxygen atoms in total. The Balaban J connectivity index is 1.29. The highest BCUT2D eigenvalue weighted by molar-refractivity contribution is 7.93. The van der Waals surface area contributed by atoms with Crippen LogP contribution >= 0.6 is 0 Å². The molecular weight excluding hydrogens is 517 g/mol. The predicted molar refractivity (Wildman–Crippen MR) is 139 cm³/mol. The summed E-state index contributed by atoms with van der Waals surface area (Å²) in [6.07, 6.45) is 0.259. The van der Waals surface area contributed by atoms with E-state index in [-0.39, 0.29) is 22.3 Å². The zero-order valence-electron chi connectivity index (χ0n) is 20.7. The van der Waals surface area contributed by atoms with E-state index in [1.165, 1.54) is 18.3 Å². The van der Waals surface area contributed by atoms with Gasteiger partial charge in [0.2, 0.25) is 4.90 Å². The maximum atomic E-state index is 14.0. The number of fused-ring (bicyclic) bond motifs is 1. The highest BCUT2D eigenvalue weighted by Crippen LogP contribution is 2.37. The smallest absolute Gasteiger partial charge is 0.418 e. The lowest BCUT2D eigenvalue weighted by Crippen LogP contribution is -2.50. The number of hydrogen-bond donors (Lipinski definition) is 1. The minimum atomic E-state index is -4.75. The summed E-state index contributed by atoms with van der Waals surface area (Å²) in [6.45, 7) is 3.76. The lowest BCUT2D eigenvalue weighted by Gasteiger charge is -2.37. The Morgan fingerprint density at radius 2 is 1.89 bits per heavy atom. The lowest BCUT2D eigenvalue weighted by molar-refractivity contribution is -0.136. The van der Waals surface area contributed by atoms with E-state index in [0.29, 0.717) is 31.7 Å². The predicted octanol–water partition coefficient (Wildman–Crippen LogP) is 4.72. The number of carbonyl (C=O) groups is 1. The molecule has 11 heteroatoms. The topological polar surface area (TPSA) is 80.8 Å². The molecule has 2 atom stereocenters. The molecule has 2 unspecified atom stereocenters. The summed E-state index contributed by atoms with van der Waals surface area (Å²) < 4.78 is 63.4. The molecule has 0 bridgehead atoms. The highest BCUT2D eigenvalue weighted by Gasteiger charge is 2.36. The third-order valence-electron chi connectivity index (χ3n) is 6.97. The van der Waals surface area contributed by atoms with Gasteiger partial charge in [-0.3, -0.25) is 14.7 Å². The molecule has 2 aliphatic rings. The third kappa shape index (κ3) is 6.06. The van der Waals surface area contributed by atoms with E-state index in [1.807, 2.05) is 0 Å². The summed E-state index contributed by atoms with van der Waals surface area (Å²) in [5.41, 5.74) is -1.02. The van der Waals surface area contributed by atoms with E-state index >= 15 is 0 Å². The number of benzene rings is 2. The molecule has 1 aromatic heterocycles. The van der Waals surface area contributed by atoms with Crippen LogP contribution in [0, 0.1) is 0 Å². The first kappa shape index (κ1) is 26.7. The second kappa shape index (κ2) is 11.5. The van der Waals surface area contributed by atoms with Crippen molar-refractivity contribution < 1.29 is 27.3 Å². The van der Waals surface area contributed by atoms with E-state index in [9.17, 15) is 22.5 Å². The lowest BCUT2D eigenvalue weighted by atomic mass is 10.1. The first-order chi connectivity index (χ1) is 18.3. The van der Waals surface area contributed by atoms with Gasteiger partial charge in [-0.25, -0.2) is 4.72 Å². The first-order valence-electron chi connectivity index (χ1n) is 12.7. The van der Waals surface area contributed by atoms with Crippen molar-refractivity contribution in [3.63, 3.8) is 0 Å². The van der Waals surface area contributed by atoms with Crippen LogP contribution in [-0.4, -0.2) is 70.7 Å². The molecule has 3 heterocycles. The Kier molecular flexibility index (Phi) is 8.08. The molecule has 0 radical (unpaired) electrons. The minimum Gasteiger partial charge on any atom is -0.588 e. The highest BCUT2D eigenvalue weighted by atomic mass is 32.2. The molecule has 38 heavy (non-hydrogen) atoms. The largest absolute Gasteiger partial charge is 0.588 e.